The van der Waals surface area contributed by atoms with Crippen LogP contribution >= 0.6 is 0 Å². The zero-order valence-electron chi connectivity index (χ0n) is 15.6. The van der Waals surface area contributed by atoms with Crippen LogP contribution in [-0.4, -0.2) is 35.6 Å². The van der Waals surface area contributed by atoms with Crippen LogP contribution in [0.3, 0.4) is 0 Å². The van der Waals surface area contributed by atoms with Crippen molar-refractivity contribution >= 4 is 11.9 Å². The fraction of sp³-hybridized carbons (Fsp3) is 0.389. The number of guanidine groups is 1. The maximum absolute atomic E-state index is 13.6. The molecule has 2 aromatic rings. The van der Waals surface area contributed by atoms with Crippen LogP contribution in [0.25, 0.3) is 0 Å². The van der Waals surface area contributed by atoms with E-state index in [1.54, 1.807) is 19.1 Å². The van der Waals surface area contributed by atoms with Gasteiger partial charge in [0.2, 0.25) is 5.95 Å². The van der Waals surface area contributed by atoms with E-state index in [9.17, 15) is 17.6 Å². The third kappa shape index (κ3) is 6.67. The molecule has 0 bridgehead atoms. The summed E-state index contributed by atoms with van der Waals surface area (Å²) in [7, 11) is 0. The molecule has 3 N–H and O–H groups in total. The van der Waals surface area contributed by atoms with Gasteiger partial charge >= 0.3 is 6.18 Å². The van der Waals surface area contributed by atoms with E-state index in [0.29, 0.717) is 24.6 Å². The number of nitrogens with one attached hydrogen (secondary N) is 3. The van der Waals surface area contributed by atoms with Gasteiger partial charge in [-0.05, 0) is 37.1 Å². The van der Waals surface area contributed by atoms with Crippen LogP contribution in [0.2, 0.25) is 0 Å². The van der Waals surface area contributed by atoms with E-state index in [-0.39, 0.29) is 24.9 Å². The number of aryl methyl sites for hydroxylation is 1. The second kappa shape index (κ2) is 9.86. The number of anilines is 1. The summed E-state index contributed by atoms with van der Waals surface area (Å²) in [4.78, 5) is 11.6. The normalized spacial score (nSPS) is 12.0. The molecule has 1 aromatic heterocycles. The Morgan fingerprint density at radius 1 is 1.14 bits per heavy atom. The number of nitrogens with zero attached hydrogens (tertiary/aromatic N) is 3. The van der Waals surface area contributed by atoms with Crippen LogP contribution in [0.1, 0.15) is 23.7 Å². The van der Waals surface area contributed by atoms with Crippen molar-refractivity contribution in [2.24, 2.45) is 4.99 Å². The van der Waals surface area contributed by atoms with Crippen molar-refractivity contribution in [2.75, 3.05) is 25.0 Å². The molecule has 0 amide bonds. The lowest BCUT2D eigenvalue weighted by atomic mass is 10.1. The van der Waals surface area contributed by atoms with E-state index < -0.39 is 11.9 Å². The first-order valence-corrected chi connectivity index (χ1v) is 8.71. The lowest BCUT2D eigenvalue weighted by Gasteiger charge is -2.12. The molecule has 0 saturated heterocycles. The minimum absolute atomic E-state index is 0.103. The lowest BCUT2D eigenvalue weighted by Crippen LogP contribution is -2.39. The first-order chi connectivity index (χ1) is 13.3. The van der Waals surface area contributed by atoms with Crippen molar-refractivity contribution < 1.29 is 17.6 Å². The number of aliphatic imine (C=N–C) groups is 1. The third-order valence-electron chi connectivity index (χ3n) is 3.65. The average molecular weight is 398 g/mol. The van der Waals surface area contributed by atoms with Crippen molar-refractivity contribution in [3.05, 3.63) is 53.1 Å². The molecule has 0 aliphatic carbocycles. The largest absolute Gasteiger partial charge is 0.433 e. The Kier molecular flexibility index (Phi) is 7.53. The number of halogens is 4. The summed E-state index contributed by atoms with van der Waals surface area (Å²) in [5.74, 6) is 0.125. The summed E-state index contributed by atoms with van der Waals surface area (Å²) in [6.07, 6.45) is -3.46. The van der Waals surface area contributed by atoms with E-state index in [1.165, 1.54) is 6.07 Å². The highest BCUT2D eigenvalue weighted by Gasteiger charge is 2.32. The monoisotopic (exact) mass is 398 g/mol. The third-order valence-corrected chi connectivity index (χ3v) is 3.65. The Hall–Kier alpha value is -2.91. The smallest absolute Gasteiger partial charge is 0.357 e. The van der Waals surface area contributed by atoms with Crippen LogP contribution in [0.4, 0.5) is 23.5 Å². The van der Waals surface area contributed by atoms with Crippen LogP contribution in [0, 0.1) is 12.7 Å². The summed E-state index contributed by atoms with van der Waals surface area (Å²) >= 11 is 0. The number of hydrogen-bond acceptors (Lipinski definition) is 4. The van der Waals surface area contributed by atoms with Gasteiger partial charge in [-0.25, -0.2) is 19.4 Å². The zero-order valence-corrected chi connectivity index (χ0v) is 15.6. The van der Waals surface area contributed by atoms with Gasteiger partial charge in [0, 0.05) is 25.8 Å². The van der Waals surface area contributed by atoms with Gasteiger partial charge in [0.15, 0.2) is 5.96 Å². The standard InChI is InChI=1S/C18H22F4N6/c1-3-23-16(27-11-13-5-4-12(2)14(19)10-13)25-8-9-26-17-24-7-6-15(28-17)18(20,21)22/h4-7,10H,3,8-9,11H2,1-2H3,(H2,23,25,27)(H,24,26,28). The molecular weight excluding hydrogens is 376 g/mol. The summed E-state index contributed by atoms with van der Waals surface area (Å²) in [6.45, 7) is 5.15. The highest BCUT2D eigenvalue weighted by atomic mass is 19.4. The fourth-order valence-corrected chi connectivity index (χ4v) is 2.20. The number of benzene rings is 1. The molecule has 0 fully saturated rings. The van der Waals surface area contributed by atoms with Gasteiger partial charge in [-0.2, -0.15) is 13.2 Å². The van der Waals surface area contributed by atoms with Crippen LogP contribution in [-0.2, 0) is 12.7 Å². The fourth-order valence-electron chi connectivity index (χ4n) is 2.20. The predicted octanol–water partition coefficient (Wildman–Crippen LogP) is 3.11. The molecule has 0 spiro atoms. The van der Waals surface area contributed by atoms with Gasteiger partial charge < -0.3 is 16.0 Å². The molecular formula is C18H22F4N6. The lowest BCUT2D eigenvalue weighted by molar-refractivity contribution is -0.141. The highest BCUT2D eigenvalue weighted by Crippen LogP contribution is 2.27. The maximum Gasteiger partial charge on any atom is 0.433 e. The SMILES string of the molecule is CCNC(=NCc1ccc(C)c(F)c1)NCCNc1nccc(C(F)(F)F)n1. The van der Waals surface area contributed by atoms with E-state index in [1.807, 2.05) is 6.92 Å². The van der Waals surface area contributed by atoms with Crippen molar-refractivity contribution in [3.8, 4) is 0 Å². The van der Waals surface area contributed by atoms with Crippen LogP contribution < -0.4 is 16.0 Å². The average Bonchev–Trinajstić information content (AvgIpc) is 2.65. The van der Waals surface area contributed by atoms with E-state index in [2.05, 4.69) is 30.9 Å². The van der Waals surface area contributed by atoms with E-state index >= 15 is 0 Å². The molecule has 0 radical (unpaired) electrons. The second-order valence-electron chi connectivity index (χ2n) is 5.90. The highest BCUT2D eigenvalue weighted by molar-refractivity contribution is 5.79. The molecule has 28 heavy (non-hydrogen) atoms. The minimum Gasteiger partial charge on any atom is -0.357 e. The number of aromatic nitrogens is 2. The van der Waals surface area contributed by atoms with Gasteiger partial charge in [0.25, 0.3) is 0 Å². The molecule has 152 valence electrons. The van der Waals surface area contributed by atoms with Crippen molar-refractivity contribution in [3.63, 3.8) is 0 Å². The van der Waals surface area contributed by atoms with Gasteiger partial charge in [-0.15, -0.1) is 0 Å². The van der Waals surface area contributed by atoms with Crippen molar-refractivity contribution in [2.45, 2.75) is 26.6 Å². The maximum atomic E-state index is 13.6. The Morgan fingerprint density at radius 2 is 1.93 bits per heavy atom. The van der Waals surface area contributed by atoms with Crippen molar-refractivity contribution in [1.29, 1.82) is 0 Å². The first-order valence-electron chi connectivity index (χ1n) is 8.71. The summed E-state index contributed by atoms with van der Waals surface area (Å²) < 4.78 is 51.5. The molecule has 0 aliphatic heterocycles. The number of alkyl halides is 3. The Balaban J connectivity index is 1.87. The molecule has 1 heterocycles. The van der Waals surface area contributed by atoms with Crippen molar-refractivity contribution in [1.82, 2.24) is 20.6 Å². The van der Waals surface area contributed by atoms with E-state index in [4.69, 9.17) is 0 Å². The molecule has 0 aliphatic rings. The Morgan fingerprint density at radius 3 is 2.61 bits per heavy atom. The van der Waals surface area contributed by atoms with Gasteiger partial charge in [-0.3, -0.25) is 0 Å². The number of hydrogen-bond donors (Lipinski definition) is 3. The molecule has 1 aromatic carbocycles. The van der Waals surface area contributed by atoms with Gasteiger partial charge in [0.1, 0.15) is 11.5 Å². The molecule has 0 unspecified atom stereocenters. The molecule has 6 nitrogen and oxygen atoms in total. The first kappa shape index (κ1) is 21.4. The minimum atomic E-state index is -4.52. The summed E-state index contributed by atoms with van der Waals surface area (Å²) in [6, 6.07) is 5.75. The molecule has 2 rings (SSSR count). The summed E-state index contributed by atoms with van der Waals surface area (Å²) in [5, 5.41) is 8.81. The quantitative estimate of drug-likeness (QED) is 0.289. The number of rotatable bonds is 7. The van der Waals surface area contributed by atoms with Gasteiger partial charge in [0.05, 0.1) is 6.54 Å². The zero-order chi connectivity index (χ0) is 20.6. The van der Waals surface area contributed by atoms with Crippen LogP contribution in [0.5, 0.6) is 0 Å². The second-order valence-corrected chi connectivity index (χ2v) is 5.90. The van der Waals surface area contributed by atoms with E-state index in [0.717, 1.165) is 17.8 Å². The summed E-state index contributed by atoms with van der Waals surface area (Å²) in [5.41, 5.74) is 0.301. The molecule has 10 heteroatoms. The predicted molar refractivity (Wildman–Crippen MR) is 99.5 cm³/mol. The van der Waals surface area contributed by atoms with Crippen LogP contribution in [0.15, 0.2) is 35.5 Å². The Bertz CT molecular complexity index is 807. The Labute approximate surface area is 160 Å². The topological polar surface area (TPSA) is 74.2 Å². The molecule has 0 saturated carbocycles. The van der Waals surface area contributed by atoms with Gasteiger partial charge in [-0.1, -0.05) is 12.1 Å². The molecule has 0 atom stereocenters.